The minimum absolute atomic E-state index is 0.155. The molecule has 0 aliphatic carbocycles. The van der Waals surface area contributed by atoms with Crippen LogP contribution in [0.5, 0.6) is 17.2 Å². The van der Waals surface area contributed by atoms with Crippen LogP contribution in [0.3, 0.4) is 0 Å². The fourth-order valence-corrected chi connectivity index (χ4v) is 3.41. The van der Waals surface area contributed by atoms with E-state index in [1.54, 1.807) is 49.6 Å². The van der Waals surface area contributed by atoms with Gasteiger partial charge in [-0.05, 0) is 63.8 Å². The first kappa shape index (κ1) is 25.9. The minimum atomic E-state index is -0.771. The molecule has 2 aromatic carbocycles. The first-order chi connectivity index (χ1) is 15.8. The van der Waals surface area contributed by atoms with Crippen molar-refractivity contribution in [3.8, 4) is 17.2 Å². The number of halogens is 1. The highest BCUT2D eigenvalue weighted by Crippen LogP contribution is 2.36. The molecule has 2 aromatic rings. The van der Waals surface area contributed by atoms with Gasteiger partial charge in [-0.25, -0.2) is 5.43 Å². The highest BCUT2D eigenvalue weighted by Gasteiger charge is 2.24. The van der Waals surface area contributed by atoms with Gasteiger partial charge in [-0.3, -0.25) is 9.59 Å². The van der Waals surface area contributed by atoms with Crippen LogP contribution in [-0.4, -0.2) is 44.9 Å². The number of carbonyl (C=O) groups is 2. The van der Waals surface area contributed by atoms with Crippen molar-refractivity contribution in [2.45, 2.75) is 19.9 Å². The number of hydrazone groups is 1. The first-order valence-corrected chi connectivity index (χ1v) is 11.0. The van der Waals surface area contributed by atoms with Gasteiger partial charge in [-0.15, -0.1) is 0 Å². The van der Waals surface area contributed by atoms with E-state index in [9.17, 15) is 9.59 Å². The number of nitrogens with zero attached hydrogens (tertiary/aromatic N) is 1. The smallest absolute Gasteiger partial charge is 0.262 e. The number of rotatable bonds is 11. The SMILES string of the molecule is C=CCOc1c(Br)cc(C=NNC(=O)C(NC(=O)c2ccc(OC)cc2)C(C)C)cc1OC. The summed E-state index contributed by atoms with van der Waals surface area (Å²) in [7, 11) is 3.08. The summed E-state index contributed by atoms with van der Waals surface area (Å²) in [5.41, 5.74) is 3.59. The number of amides is 2. The van der Waals surface area contributed by atoms with Crippen LogP contribution in [0.2, 0.25) is 0 Å². The predicted octanol–water partition coefficient (Wildman–Crippen LogP) is 3.94. The summed E-state index contributed by atoms with van der Waals surface area (Å²) in [6.45, 7) is 7.64. The van der Waals surface area contributed by atoms with Crippen molar-refractivity contribution < 1.29 is 23.8 Å². The summed E-state index contributed by atoms with van der Waals surface area (Å²) in [5, 5.41) is 6.79. The Balaban J connectivity index is 2.07. The van der Waals surface area contributed by atoms with Gasteiger partial charge in [0.25, 0.3) is 11.8 Å². The summed E-state index contributed by atoms with van der Waals surface area (Å²) in [6, 6.07) is 9.37. The Labute approximate surface area is 202 Å². The topological polar surface area (TPSA) is 98.2 Å². The molecule has 0 bridgehead atoms. The van der Waals surface area contributed by atoms with Crippen LogP contribution < -0.4 is 25.0 Å². The number of hydrogen-bond acceptors (Lipinski definition) is 6. The molecule has 33 heavy (non-hydrogen) atoms. The van der Waals surface area contributed by atoms with Gasteiger partial charge in [0, 0.05) is 5.56 Å². The maximum atomic E-state index is 12.7. The molecule has 2 amide bonds. The molecule has 0 aliphatic heterocycles. The van der Waals surface area contributed by atoms with E-state index in [0.717, 1.165) is 0 Å². The molecule has 0 heterocycles. The van der Waals surface area contributed by atoms with E-state index < -0.39 is 11.9 Å². The number of benzene rings is 2. The molecule has 1 atom stereocenters. The molecule has 0 spiro atoms. The van der Waals surface area contributed by atoms with Crippen LogP contribution in [0.1, 0.15) is 29.8 Å². The fourth-order valence-electron chi connectivity index (χ4n) is 2.84. The summed E-state index contributed by atoms with van der Waals surface area (Å²) in [6.07, 6.45) is 3.11. The Hall–Kier alpha value is -3.33. The Kier molecular flexibility index (Phi) is 9.93. The van der Waals surface area contributed by atoms with Crippen molar-refractivity contribution in [1.29, 1.82) is 0 Å². The van der Waals surface area contributed by atoms with Gasteiger partial charge < -0.3 is 19.5 Å². The third-order valence-electron chi connectivity index (χ3n) is 4.57. The number of carbonyl (C=O) groups excluding carboxylic acids is 2. The Bertz CT molecular complexity index is 1010. The molecule has 0 aromatic heterocycles. The maximum absolute atomic E-state index is 12.7. The average Bonchev–Trinajstić information content (AvgIpc) is 2.81. The minimum Gasteiger partial charge on any atom is -0.497 e. The van der Waals surface area contributed by atoms with Crippen LogP contribution in [0.25, 0.3) is 0 Å². The second-order valence-electron chi connectivity index (χ2n) is 7.29. The summed E-state index contributed by atoms with van der Waals surface area (Å²) in [5.74, 6) is 0.741. The molecule has 0 fully saturated rings. The molecule has 0 saturated heterocycles. The van der Waals surface area contributed by atoms with E-state index in [0.29, 0.717) is 39.5 Å². The highest BCUT2D eigenvalue weighted by molar-refractivity contribution is 9.10. The first-order valence-electron chi connectivity index (χ1n) is 10.2. The molecule has 0 saturated carbocycles. The van der Waals surface area contributed by atoms with Crippen molar-refractivity contribution in [2.24, 2.45) is 11.0 Å². The number of methoxy groups -OCH3 is 2. The lowest BCUT2D eigenvalue weighted by atomic mass is 10.0. The largest absolute Gasteiger partial charge is 0.497 e. The lowest BCUT2D eigenvalue weighted by Crippen LogP contribution is -2.48. The predicted molar refractivity (Wildman–Crippen MR) is 131 cm³/mol. The highest BCUT2D eigenvalue weighted by atomic mass is 79.9. The Morgan fingerprint density at radius 2 is 1.85 bits per heavy atom. The third kappa shape index (κ3) is 7.35. The molecular weight excluding hydrogens is 490 g/mol. The molecule has 1 unspecified atom stereocenters. The van der Waals surface area contributed by atoms with Crippen molar-refractivity contribution in [3.05, 3.63) is 64.7 Å². The second-order valence-corrected chi connectivity index (χ2v) is 8.15. The average molecular weight is 518 g/mol. The number of ether oxygens (including phenoxy) is 3. The Morgan fingerprint density at radius 1 is 1.15 bits per heavy atom. The monoisotopic (exact) mass is 517 g/mol. The van der Waals surface area contributed by atoms with Crippen LogP contribution >= 0.6 is 15.9 Å². The van der Waals surface area contributed by atoms with Gasteiger partial charge in [-0.1, -0.05) is 26.5 Å². The summed E-state index contributed by atoms with van der Waals surface area (Å²) < 4.78 is 16.7. The van der Waals surface area contributed by atoms with Crippen molar-refractivity contribution in [2.75, 3.05) is 20.8 Å². The van der Waals surface area contributed by atoms with Gasteiger partial charge in [0.2, 0.25) is 0 Å². The molecule has 9 heteroatoms. The molecule has 0 aliphatic rings. The molecule has 2 rings (SSSR count). The molecule has 8 nitrogen and oxygen atoms in total. The lowest BCUT2D eigenvalue weighted by molar-refractivity contribution is -0.123. The van der Waals surface area contributed by atoms with E-state index in [2.05, 4.69) is 38.4 Å². The maximum Gasteiger partial charge on any atom is 0.262 e. The second kappa shape index (κ2) is 12.6. The molecule has 2 N–H and O–H groups in total. The summed E-state index contributed by atoms with van der Waals surface area (Å²) in [4.78, 5) is 25.2. The standard InChI is InChI=1S/C24H28BrN3O5/c1-6-11-33-22-19(25)12-16(13-20(22)32-5)14-26-28-24(30)21(15(2)3)27-23(29)17-7-9-18(31-4)10-8-17/h6-10,12-15,21H,1,11H2,2-5H3,(H,27,29)(H,28,30). The van der Waals surface area contributed by atoms with Crippen molar-refractivity contribution in [1.82, 2.24) is 10.7 Å². The van der Waals surface area contributed by atoms with E-state index in [1.165, 1.54) is 13.3 Å². The zero-order chi connectivity index (χ0) is 24.4. The molecular formula is C24H28BrN3O5. The number of hydrogen-bond donors (Lipinski definition) is 2. The number of nitrogens with one attached hydrogen (secondary N) is 2. The molecule has 0 radical (unpaired) electrons. The zero-order valence-electron chi connectivity index (χ0n) is 19.1. The van der Waals surface area contributed by atoms with Crippen molar-refractivity contribution >= 4 is 34.0 Å². The Morgan fingerprint density at radius 3 is 2.42 bits per heavy atom. The lowest BCUT2D eigenvalue weighted by Gasteiger charge is -2.20. The van der Waals surface area contributed by atoms with Gasteiger partial charge in [0.15, 0.2) is 11.5 Å². The van der Waals surface area contributed by atoms with Gasteiger partial charge >= 0.3 is 0 Å². The fraction of sp³-hybridized carbons (Fsp3) is 0.292. The van der Waals surface area contributed by atoms with Crippen LogP contribution in [0.4, 0.5) is 0 Å². The van der Waals surface area contributed by atoms with Crippen LogP contribution in [-0.2, 0) is 4.79 Å². The zero-order valence-corrected chi connectivity index (χ0v) is 20.6. The third-order valence-corrected chi connectivity index (χ3v) is 5.16. The van der Waals surface area contributed by atoms with E-state index in [-0.39, 0.29) is 11.8 Å². The van der Waals surface area contributed by atoms with E-state index in [4.69, 9.17) is 14.2 Å². The van der Waals surface area contributed by atoms with Gasteiger partial charge in [0.1, 0.15) is 18.4 Å². The summed E-state index contributed by atoms with van der Waals surface area (Å²) >= 11 is 3.45. The van der Waals surface area contributed by atoms with Gasteiger partial charge in [0.05, 0.1) is 24.9 Å². The normalized spacial score (nSPS) is 11.7. The quantitative estimate of drug-likeness (QED) is 0.267. The molecule has 176 valence electrons. The van der Waals surface area contributed by atoms with E-state index in [1.807, 2.05) is 13.8 Å². The van der Waals surface area contributed by atoms with Gasteiger partial charge in [-0.2, -0.15) is 5.10 Å². The van der Waals surface area contributed by atoms with E-state index >= 15 is 0 Å². The van der Waals surface area contributed by atoms with Crippen molar-refractivity contribution in [3.63, 3.8) is 0 Å². The van der Waals surface area contributed by atoms with Crippen LogP contribution in [0, 0.1) is 5.92 Å². The van der Waals surface area contributed by atoms with Crippen LogP contribution in [0.15, 0.2) is 58.6 Å².